The van der Waals surface area contributed by atoms with E-state index >= 15 is 0 Å². The molecule has 1 unspecified atom stereocenters. The normalized spacial score (nSPS) is 22.1. The van der Waals surface area contributed by atoms with Gasteiger partial charge in [0.2, 0.25) is 0 Å². The van der Waals surface area contributed by atoms with E-state index in [1.54, 1.807) is 0 Å². The Labute approximate surface area is 73.2 Å². The molecular formula is C9H17NO2. The van der Waals surface area contributed by atoms with Gasteiger partial charge in [-0.15, -0.1) is 0 Å². The maximum Gasteiger partial charge on any atom is 0.303 e. The zero-order valence-corrected chi connectivity index (χ0v) is 7.55. The van der Waals surface area contributed by atoms with E-state index in [1.807, 2.05) is 6.92 Å². The van der Waals surface area contributed by atoms with Crippen LogP contribution in [0.15, 0.2) is 0 Å². The Hall–Kier alpha value is -0.570. The van der Waals surface area contributed by atoms with Crippen molar-refractivity contribution in [2.75, 3.05) is 13.1 Å². The highest BCUT2D eigenvalue weighted by atomic mass is 16.4. The van der Waals surface area contributed by atoms with E-state index in [0.29, 0.717) is 18.3 Å². The minimum atomic E-state index is -0.666. The number of carbonyl (C=O) groups is 1. The van der Waals surface area contributed by atoms with Crippen molar-refractivity contribution in [3.63, 3.8) is 0 Å². The molecule has 0 bridgehead atoms. The van der Waals surface area contributed by atoms with Gasteiger partial charge in [-0.2, -0.15) is 0 Å². The van der Waals surface area contributed by atoms with Gasteiger partial charge in [0.25, 0.3) is 0 Å². The maximum absolute atomic E-state index is 10.4. The van der Waals surface area contributed by atoms with Crippen LogP contribution in [0.3, 0.4) is 0 Å². The summed E-state index contributed by atoms with van der Waals surface area (Å²) in [5.41, 5.74) is 0. The largest absolute Gasteiger partial charge is 0.481 e. The van der Waals surface area contributed by atoms with Gasteiger partial charge in [-0.05, 0) is 37.8 Å². The van der Waals surface area contributed by atoms with Gasteiger partial charge >= 0.3 is 5.97 Å². The molecule has 1 fully saturated rings. The Bertz CT molecular complexity index is 153. The quantitative estimate of drug-likeness (QED) is 0.668. The molecule has 0 radical (unpaired) electrons. The van der Waals surface area contributed by atoms with Crippen LogP contribution in [-0.4, -0.2) is 24.2 Å². The van der Waals surface area contributed by atoms with Crippen molar-refractivity contribution in [3.05, 3.63) is 0 Å². The Morgan fingerprint density at radius 1 is 1.58 bits per heavy atom. The summed E-state index contributed by atoms with van der Waals surface area (Å²) in [5, 5.41) is 11.9. The van der Waals surface area contributed by atoms with Gasteiger partial charge < -0.3 is 10.4 Å². The lowest BCUT2D eigenvalue weighted by molar-refractivity contribution is -0.138. The molecule has 1 aliphatic rings. The zero-order chi connectivity index (χ0) is 8.97. The smallest absolute Gasteiger partial charge is 0.303 e. The third-order valence-corrected chi connectivity index (χ3v) is 2.69. The van der Waals surface area contributed by atoms with Crippen LogP contribution in [0.4, 0.5) is 0 Å². The van der Waals surface area contributed by atoms with Crippen molar-refractivity contribution < 1.29 is 9.90 Å². The summed E-state index contributed by atoms with van der Waals surface area (Å²) in [6.45, 7) is 4.15. The first kappa shape index (κ1) is 9.52. The topological polar surface area (TPSA) is 49.3 Å². The minimum Gasteiger partial charge on any atom is -0.481 e. The van der Waals surface area contributed by atoms with Crippen molar-refractivity contribution >= 4 is 5.97 Å². The predicted octanol–water partition coefficient (Wildman–Crippen LogP) is 1.10. The first-order valence-electron chi connectivity index (χ1n) is 4.62. The number of carboxylic acid groups (broad SMARTS) is 1. The summed E-state index contributed by atoms with van der Waals surface area (Å²) in [5.74, 6) is 0.285. The fourth-order valence-corrected chi connectivity index (χ4v) is 1.86. The molecule has 12 heavy (non-hydrogen) atoms. The molecule has 0 aliphatic carbocycles. The summed E-state index contributed by atoms with van der Waals surface area (Å²) >= 11 is 0. The number of rotatable bonds is 3. The zero-order valence-electron chi connectivity index (χ0n) is 7.55. The third kappa shape index (κ3) is 2.81. The van der Waals surface area contributed by atoms with Gasteiger partial charge in [0.1, 0.15) is 0 Å². The summed E-state index contributed by atoms with van der Waals surface area (Å²) in [6.07, 6.45) is 2.59. The van der Waals surface area contributed by atoms with Gasteiger partial charge in [0.15, 0.2) is 0 Å². The number of aliphatic carboxylic acids is 1. The molecule has 0 aromatic heterocycles. The molecule has 3 heteroatoms. The second-order valence-electron chi connectivity index (χ2n) is 3.66. The van der Waals surface area contributed by atoms with Crippen molar-refractivity contribution in [2.24, 2.45) is 11.8 Å². The molecule has 3 nitrogen and oxygen atoms in total. The van der Waals surface area contributed by atoms with Crippen LogP contribution >= 0.6 is 0 Å². The Morgan fingerprint density at radius 3 is 2.67 bits per heavy atom. The monoisotopic (exact) mass is 171 g/mol. The molecule has 0 saturated carbocycles. The molecule has 1 aliphatic heterocycles. The highest BCUT2D eigenvalue weighted by Gasteiger charge is 2.21. The maximum atomic E-state index is 10.4. The number of carboxylic acids is 1. The number of nitrogens with one attached hydrogen (secondary N) is 1. The van der Waals surface area contributed by atoms with Crippen LogP contribution < -0.4 is 5.32 Å². The summed E-state index contributed by atoms with van der Waals surface area (Å²) in [4.78, 5) is 10.4. The molecule has 0 aromatic rings. The van der Waals surface area contributed by atoms with Crippen molar-refractivity contribution in [1.29, 1.82) is 0 Å². The fourth-order valence-electron chi connectivity index (χ4n) is 1.86. The number of piperidine rings is 1. The van der Waals surface area contributed by atoms with E-state index in [4.69, 9.17) is 5.11 Å². The SMILES string of the molecule is CC(CC(=O)O)C1CCNCC1. The van der Waals surface area contributed by atoms with Gasteiger partial charge in [0, 0.05) is 6.42 Å². The van der Waals surface area contributed by atoms with E-state index in [9.17, 15) is 4.79 Å². The van der Waals surface area contributed by atoms with Gasteiger partial charge in [-0.3, -0.25) is 4.79 Å². The van der Waals surface area contributed by atoms with Crippen molar-refractivity contribution in [1.82, 2.24) is 5.32 Å². The molecule has 1 heterocycles. The van der Waals surface area contributed by atoms with Crippen LogP contribution in [0, 0.1) is 11.8 Å². The second-order valence-corrected chi connectivity index (χ2v) is 3.66. The third-order valence-electron chi connectivity index (χ3n) is 2.69. The van der Waals surface area contributed by atoms with Gasteiger partial charge in [-0.1, -0.05) is 6.92 Å². The van der Waals surface area contributed by atoms with E-state index in [1.165, 1.54) is 0 Å². The highest BCUT2D eigenvalue weighted by molar-refractivity contribution is 5.66. The first-order chi connectivity index (χ1) is 5.70. The molecule has 0 aromatic carbocycles. The average molecular weight is 171 g/mol. The molecule has 70 valence electrons. The Morgan fingerprint density at radius 2 is 2.17 bits per heavy atom. The van der Waals surface area contributed by atoms with Gasteiger partial charge in [0.05, 0.1) is 0 Å². The van der Waals surface area contributed by atoms with Crippen molar-refractivity contribution in [2.45, 2.75) is 26.2 Å². The highest BCUT2D eigenvalue weighted by Crippen LogP contribution is 2.23. The lowest BCUT2D eigenvalue weighted by Crippen LogP contribution is -2.31. The summed E-state index contributed by atoms with van der Waals surface area (Å²) in [6, 6.07) is 0. The van der Waals surface area contributed by atoms with E-state index < -0.39 is 5.97 Å². The fraction of sp³-hybridized carbons (Fsp3) is 0.889. The standard InChI is InChI=1S/C9H17NO2/c1-7(6-9(11)12)8-2-4-10-5-3-8/h7-8,10H,2-6H2,1H3,(H,11,12). The lowest BCUT2D eigenvalue weighted by atomic mass is 9.84. The van der Waals surface area contributed by atoms with Crippen LogP contribution in [0.25, 0.3) is 0 Å². The molecule has 1 saturated heterocycles. The molecule has 1 rings (SSSR count). The van der Waals surface area contributed by atoms with Crippen LogP contribution in [0.1, 0.15) is 26.2 Å². The molecule has 0 amide bonds. The van der Waals surface area contributed by atoms with Crippen molar-refractivity contribution in [3.8, 4) is 0 Å². The molecule has 1 atom stereocenters. The van der Waals surface area contributed by atoms with Crippen LogP contribution in [0.5, 0.6) is 0 Å². The van der Waals surface area contributed by atoms with E-state index in [0.717, 1.165) is 25.9 Å². The van der Waals surface area contributed by atoms with Gasteiger partial charge in [-0.25, -0.2) is 0 Å². The lowest BCUT2D eigenvalue weighted by Gasteiger charge is -2.27. The predicted molar refractivity (Wildman–Crippen MR) is 47.0 cm³/mol. The van der Waals surface area contributed by atoms with Crippen LogP contribution in [0.2, 0.25) is 0 Å². The molecular weight excluding hydrogens is 154 g/mol. The molecule has 0 spiro atoms. The summed E-state index contributed by atoms with van der Waals surface area (Å²) in [7, 11) is 0. The average Bonchev–Trinajstić information content (AvgIpc) is 2.05. The molecule has 2 N–H and O–H groups in total. The summed E-state index contributed by atoms with van der Waals surface area (Å²) < 4.78 is 0. The first-order valence-corrected chi connectivity index (χ1v) is 4.62. The van der Waals surface area contributed by atoms with E-state index in [2.05, 4.69) is 5.32 Å². The Balaban J connectivity index is 2.29. The number of hydrogen-bond donors (Lipinski definition) is 2. The minimum absolute atomic E-state index is 0.324. The number of hydrogen-bond acceptors (Lipinski definition) is 2. The van der Waals surface area contributed by atoms with Crippen LogP contribution in [-0.2, 0) is 4.79 Å². The van der Waals surface area contributed by atoms with E-state index in [-0.39, 0.29) is 0 Å². The Kier molecular flexibility index (Phi) is 3.53. The second kappa shape index (κ2) is 4.45.